The minimum Gasteiger partial charge on any atom is -0.378 e. The monoisotopic (exact) mass is 267 g/mol. The van der Waals surface area contributed by atoms with E-state index < -0.39 is 0 Å². The molecule has 112 valence electrons. The molecule has 1 saturated heterocycles. The molecule has 0 radical (unpaired) electrons. The average Bonchev–Trinajstić information content (AvgIpc) is 2.93. The lowest BCUT2D eigenvalue weighted by atomic mass is 9.70. The van der Waals surface area contributed by atoms with Crippen molar-refractivity contribution < 1.29 is 4.74 Å². The molecule has 1 heterocycles. The second kappa shape index (κ2) is 8.26. The first-order valence-corrected chi connectivity index (χ1v) is 8.67. The first-order valence-electron chi connectivity index (χ1n) is 8.67. The minimum atomic E-state index is 0.587. The standard InChI is InChI=1S/C17H33NO/c1-2-13-18-15-17(10-4-3-5-11-17)12-6-8-16-9-7-14-19-16/h16,18H,2-15H2,1H3. The molecule has 1 aliphatic heterocycles. The number of hydrogen-bond donors (Lipinski definition) is 1. The second-order valence-electron chi connectivity index (χ2n) is 6.76. The van der Waals surface area contributed by atoms with Crippen molar-refractivity contribution in [1.82, 2.24) is 5.32 Å². The Kier molecular flexibility index (Phi) is 6.66. The van der Waals surface area contributed by atoms with Crippen molar-refractivity contribution in [2.24, 2.45) is 5.41 Å². The number of ether oxygens (including phenoxy) is 1. The maximum atomic E-state index is 5.76. The SMILES string of the molecule is CCCNCC1(CCCC2CCCO2)CCCCC1. The summed E-state index contributed by atoms with van der Waals surface area (Å²) in [5, 5.41) is 3.69. The molecule has 1 N–H and O–H groups in total. The molecule has 1 saturated carbocycles. The maximum Gasteiger partial charge on any atom is 0.0576 e. The number of nitrogens with one attached hydrogen (secondary N) is 1. The first-order chi connectivity index (χ1) is 9.35. The van der Waals surface area contributed by atoms with E-state index in [2.05, 4.69) is 12.2 Å². The van der Waals surface area contributed by atoms with E-state index in [1.165, 1.54) is 83.7 Å². The molecule has 19 heavy (non-hydrogen) atoms. The van der Waals surface area contributed by atoms with Crippen molar-refractivity contribution in [3.63, 3.8) is 0 Å². The fourth-order valence-electron chi connectivity index (χ4n) is 3.92. The zero-order valence-corrected chi connectivity index (χ0v) is 12.9. The molecule has 2 rings (SSSR count). The summed E-state index contributed by atoms with van der Waals surface area (Å²) in [4.78, 5) is 0. The summed E-state index contributed by atoms with van der Waals surface area (Å²) in [6.45, 7) is 5.71. The van der Waals surface area contributed by atoms with E-state index in [-0.39, 0.29) is 0 Å². The van der Waals surface area contributed by atoms with Crippen molar-refractivity contribution in [3.8, 4) is 0 Å². The second-order valence-corrected chi connectivity index (χ2v) is 6.76. The molecule has 2 heteroatoms. The van der Waals surface area contributed by atoms with Crippen LogP contribution < -0.4 is 5.32 Å². The van der Waals surface area contributed by atoms with E-state index in [0.29, 0.717) is 11.5 Å². The van der Waals surface area contributed by atoms with Gasteiger partial charge in [-0.25, -0.2) is 0 Å². The molecular formula is C17H33NO. The van der Waals surface area contributed by atoms with Crippen LogP contribution in [0.3, 0.4) is 0 Å². The third-order valence-electron chi connectivity index (χ3n) is 5.10. The molecule has 2 nitrogen and oxygen atoms in total. The van der Waals surface area contributed by atoms with Crippen LogP contribution in [-0.4, -0.2) is 25.8 Å². The van der Waals surface area contributed by atoms with Gasteiger partial charge in [0.15, 0.2) is 0 Å². The molecule has 0 aromatic carbocycles. The Balaban J connectivity index is 1.72. The van der Waals surface area contributed by atoms with Crippen LogP contribution in [0, 0.1) is 5.41 Å². The highest BCUT2D eigenvalue weighted by molar-refractivity contribution is 4.85. The Morgan fingerprint density at radius 3 is 2.68 bits per heavy atom. The van der Waals surface area contributed by atoms with Gasteiger partial charge in [0.1, 0.15) is 0 Å². The van der Waals surface area contributed by atoms with E-state index in [0.717, 1.165) is 6.61 Å². The highest BCUT2D eigenvalue weighted by Crippen LogP contribution is 2.40. The zero-order valence-electron chi connectivity index (χ0n) is 12.9. The minimum absolute atomic E-state index is 0.587. The Morgan fingerprint density at radius 1 is 1.16 bits per heavy atom. The highest BCUT2D eigenvalue weighted by atomic mass is 16.5. The largest absolute Gasteiger partial charge is 0.378 e. The lowest BCUT2D eigenvalue weighted by molar-refractivity contribution is 0.0921. The summed E-state index contributed by atoms with van der Waals surface area (Å²) >= 11 is 0. The van der Waals surface area contributed by atoms with Gasteiger partial charge in [-0.15, -0.1) is 0 Å². The fraction of sp³-hybridized carbons (Fsp3) is 1.00. The fourth-order valence-corrected chi connectivity index (χ4v) is 3.92. The molecule has 0 aromatic rings. The van der Waals surface area contributed by atoms with Crippen LogP contribution >= 0.6 is 0 Å². The molecule has 1 atom stereocenters. The zero-order chi connectivity index (χ0) is 13.4. The molecule has 1 aliphatic carbocycles. The Hall–Kier alpha value is -0.0800. The molecule has 0 spiro atoms. The first kappa shape index (κ1) is 15.3. The van der Waals surface area contributed by atoms with Gasteiger partial charge in [-0.2, -0.15) is 0 Å². The molecule has 2 aliphatic rings. The molecule has 2 fully saturated rings. The smallest absolute Gasteiger partial charge is 0.0576 e. The Labute approximate surface area is 119 Å². The molecule has 1 unspecified atom stereocenters. The van der Waals surface area contributed by atoms with Crippen molar-refractivity contribution in [2.75, 3.05) is 19.7 Å². The normalized spacial score (nSPS) is 26.7. The van der Waals surface area contributed by atoms with Crippen molar-refractivity contribution in [1.29, 1.82) is 0 Å². The maximum absolute atomic E-state index is 5.76. The summed E-state index contributed by atoms with van der Waals surface area (Å²) in [6.07, 6.45) is 15.8. The third kappa shape index (κ3) is 5.07. The summed E-state index contributed by atoms with van der Waals surface area (Å²) in [7, 11) is 0. The highest BCUT2D eigenvalue weighted by Gasteiger charge is 2.31. The summed E-state index contributed by atoms with van der Waals surface area (Å²) in [6, 6.07) is 0. The number of rotatable bonds is 8. The van der Waals surface area contributed by atoms with Gasteiger partial charge in [0.05, 0.1) is 6.10 Å². The van der Waals surface area contributed by atoms with Gasteiger partial charge in [-0.05, 0) is 56.9 Å². The van der Waals surface area contributed by atoms with Crippen LogP contribution in [0.5, 0.6) is 0 Å². The molecule has 0 aromatic heterocycles. The Morgan fingerprint density at radius 2 is 2.00 bits per heavy atom. The molecular weight excluding hydrogens is 234 g/mol. The topological polar surface area (TPSA) is 21.3 Å². The molecule has 0 amide bonds. The van der Waals surface area contributed by atoms with E-state index in [9.17, 15) is 0 Å². The third-order valence-corrected chi connectivity index (χ3v) is 5.10. The van der Waals surface area contributed by atoms with E-state index in [1.54, 1.807) is 0 Å². The van der Waals surface area contributed by atoms with Crippen LogP contribution in [0.1, 0.15) is 77.6 Å². The van der Waals surface area contributed by atoms with Gasteiger partial charge in [-0.1, -0.05) is 32.6 Å². The predicted molar refractivity (Wildman–Crippen MR) is 81.5 cm³/mol. The van der Waals surface area contributed by atoms with Crippen LogP contribution in [0.15, 0.2) is 0 Å². The van der Waals surface area contributed by atoms with E-state index in [4.69, 9.17) is 4.74 Å². The van der Waals surface area contributed by atoms with E-state index >= 15 is 0 Å². The van der Waals surface area contributed by atoms with Crippen molar-refractivity contribution >= 4 is 0 Å². The van der Waals surface area contributed by atoms with Gasteiger partial charge >= 0.3 is 0 Å². The van der Waals surface area contributed by atoms with Crippen LogP contribution in [-0.2, 0) is 4.74 Å². The lowest BCUT2D eigenvalue weighted by Crippen LogP contribution is -2.36. The number of hydrogen-bond acceptors (Lipinski definition) is 2. The van der Waals surface area contributed by atoms with Crippen molar-refractivity contribution in [3.05, 3.63) is 0 Å². The Bertz CT molecular complexity index is 229. The van der Waals surface area contributed by atoms with Gasteiger partial charge < -0.3 is 10.1 Å². The predicted octanol–water partition coefficient (Wildman–Crippen LogP) is 4.29. The molecule has 0 bridgehead atoms. The summed E-state index contributed by atoms with van der Waals surface area (Å²) in [5.41, 5.74) is 0.617. The van der Waals surface area contributed by atoms with Gasteiger partial charge in [0.25, 0.3) is 0 Å². The van der Waals surface area contributed by atoms with Crippen LogP contribution in [0.25, 0.3) is 0 Å². The van der Waals surface area contributed by atoms with Crippen molar-refractivity contribution in [2.45, 2.75) is 83.7 Å². The van der Waals surface area contributed by atoms with E-state index in [1.807, 2.05) is 0 Å². The van der Waals surface area contributed by atoms with Gasteiger partial charge in [-0.3, -0.25) is 0 Å². The summed E-state index contributed by atoms with van der Waals surface area (Å²) < 4.78 is 5.76. The average molecular weight is 267 g/mol. The summed E-state index contributed by atoms with van der Waals surface area (Å²) in [5.74, 6) is 0. The van der Waals surface area contributed by atoms with Gasteiger partial charge in [0.2, 0.25) is 0 Å². The lowest BCUT2D eigenvalue weighted by Gasteiger charge is -2.38. The van der Waals surface area contributed by atoms with Crippen LogP contribution in [0.2, 0.25) is 0 Å². The van der Waals surface area contributed by atoms with Crippen LogP contribution in [0.4, 0.5) is 0 Å². The quantitative estimate of drug-likeness (QED) is 0.663. The van der Waals surface area contributed by atoms with Gasteiger partial charge in [0, 0.05) is 13.2 Å².